The summed E-state index contributed by atoms with van der Waals surface area (Å²) in [5.74, 6) is -0.556. The average Bonchev–Trinajstić information content (AvgIpc) is 2.70. The Labute approximate surface area is 171 Å². The molecule has 0 unspecified atom stereocenters. The van der Waals surface area contributed by atoms with Gasteiger partial charge in [0.2, 0.25) is 0 Å². The highest BCUT2D eigenvalue weighted by Gasteiger charge is 2.27. The van der Waals surface area contributed by atoms with Gasteiger partial charge in [0.15, 0.2) is 0 Å². The van der Waals surface area contributed by atoms with E-state index in [0.29, 0.717) is 23.6 Å². The first-order chi connectivity index (χ1) is 13.3. The van der Waals surface area contributed by atoms with Gasteiger partial charge in [0.1, 0.15) is 6.61 Å². The van der Waals surface area contributed by atoms with E-state index in [1.54, 1.807) is 12.1 Å². The first-order valence-corrected chi connectivity index (χ1v) is 9.89. The number of halogens is 1. The zero-order chi connectivity index (χ0) is 20.7. The number of ether oxygens (including phenoxy) is 2. The number of carbonyl (C=O) groups excluding carboxylic acids is 2. The lowest BCUT2D eigenvalue weighted by molar-refractivity contribution is -0.155. The number of carbonyl (C=O) groups is 2. The summed E-state index contributed by atoms with van der Waals surface area (Å²) in [7, 11) is 0. The number of hydrogen-bond acceptors (Lipinski definition) is 4. The molecule has 2 aromatic carbocycles. The molecule has 4 nitrogen and oxygen atoms in total. The molecule has 0 N–H and O–H groups in total. The summed E-state index contributed by atoms with van der Waals surface area (Å²) in [6.07, 6.45) is 1.50. The smallest absolute Gasteiger partial charge is 0.338 e. The van der Waals surface area contributed by atoms with Crippen LogP contribution in [0.5, 0.6) is 0 Å². The van der Waals surface area contributed by atoms with Crippen molar-refractivity contribution in [2.75, 3.05) is 6.61 Å². The topological polar surface area (TPSA) is 52.6 Å². The molecule has 0 amide bonds. The standard InChI is InChI=1S/C23H27ClO4/c1-5-13-27-21(25)17-9-7-16(8-10-17)18-11-12-19(20(24)14-18)15-28-22(26)23(3,4)6-2/h7-12,14H,5-6,13,15H2,1-4H3. The lowest BCUT2D eigenvalue weighted by atomic mass is 9.91. The second-order valence-electron chi connectivity index (χ2n) is 7.33. The van der Waals surface area contributed by atoms with Crippen LogP contribution in [0.1, 0.15) is 56.5 Å². The van der Waals surface area contributed by atoms with Gasteiger partial charge in [-0.1, -0.05) is 49.7 Å². The van der Waals surface area contributed by atoms with Crippen LogP contribution in [0.15, 0.2) is 42.5 Å². The van der Waals surface area contributed by atoms with Crippen molar-refractivity contribution >= 4 is 23.5 Å². The van der Waals surface area contributed by atoms with Crippen molar-refractivity contribution in [3.63, 3.8) is 0 Å². The highest BCUT2D eigenvalue weighted by Crippen LogP contribution is 2.28. The maximum Gasteiger partial charge on any atom is 0.338 e. The Kier molecular flexibility index (Phi) is 7.64. The van der Waals surface area contributed by atoms with E-state index >= 15 is 0 Å². The van der Waals surface area contributed by atoms with Crippen LogP contribution in [0, 0.1) is 5.41 Å². The van der Waals surface area contributed by atoms with Crippen LogP contribution in [0.3, 0.4) is 0 Å². The molecule has 150 valence electrons. The molecule has 0 aliphatic heterocycles. The quantitative estimate of drug-likeness (QED) is 0.504. The first-order valence-electron chi connectivity index (χ1n) is 9.51. The lowest BCUT2D eigenvalue weighted by Crippen LogP contribution is -2.25. The van der Waals surface area contributed by atoms with Gasteiger partial charge in [-0.3, -0.25) is 4.79 Å². The van der Waals surface area contributed by atoms with Gasteiger partial charge < -0.3 is 9.47 Å². The molecule has 0 aromatic heterocycles. The average molecular weight is 403 g/mol. The molecule has 0 saturated heterocycles. The number of rotatable bonds is 8. The summed E-state index contributed by atoms with van der Waals surface area (Å²) in [5, 5.41) is 0.533. The third-order valence-electron chi connectivity index (χ3n) is 4.74. The minimum atomic E-state index is -0.507. The van der Waals surface area contributed by atoms with E-state index in [-0.39, 0.29) is 18.5 Å². The van der Waals surface area contributed by atoms with Gasteiger partial charge in [0.25, 0.3) is 0 Å². The summed E-state index contributed by atoms with van der Waals surface area (Å²) < 4.78 is 10.5. The second kappa shape index (κ2) is 9.74. The van der Waals surface area contributed by atoms with Gasteiger partial charge in [0, 0.05) is 10.6 Å². The van der Waals surface area contributed by atoms with E-state index in [2.05, 4.69) is 0 Å². The predicted molar refractivity (Wildman–Crippen MR) is 111 cm³/mol. The van der Waals surface area contributed by atoms with E-state index in [4.69, 9.17) is 21.1 Å². The molecule has 0 aliphatic carbocycles. The Morgan fingerprint density at radius 3 is 2.18 bits per heavy atom. The number of benzene rings is 2. The van der Waals surface area contributed by atoms with Crippen LogP contribution >= 0.6 is 11.6 Å². The van der Waals surface area contributed by atoms with E-state index in [0.717, 1.165) is 23.1 Å². The normalized spacial score (nSPS) is 11.2. The van der Waals surface area contributed by atoms with Crippen molar-refractivity contribution in [2.45, 2.75) is 47.1 Å². The monoisotopic (exact) mass is 402 g/mol. The minimum absolute atomic E-state index is 0.142. The summed E-state index contributed by atoms with van der Waals surface area (Å²) in [6.45, 7) is 8.19. The van der Waals surface area contributed by atoms with E-state index < -0.39 is 5.41 Å². The van der Waals surface area contributed by atoms with Crippen LogP contribution in [-0.4, -0.2) is 18.5 Å². The summed E-state index contributed by atoms with van der Waals surface area (Å²) in [5.41, 5.74) is 2.62. The van der Waals surface area contributed by atoms with E-state index in [9.17, 15) is 9.59 Å². The Bertz CT molecular complexity index is 825. The Hall–Kier alpha value is -2.33. The third kappa shape index (κ3) is 5.59. The van der Waals surface area contributed by atoms with Crippen LogP contribution in [0.2, 0.25) is 5.02 Å². The fraction of sp³-hybridized carbons (Fsp3) is 0.391. The molecule has 0 heterocycles. The highest BCUT2D eigenvalue weighted by molar-refractivity contribution is 6.31. The molecule has 0 atom stereocenters. The van der Waals surface area contributed by atoms with Crippen molar-refractivity contribution in [3.05, 3.63) is 58.6 Å². The zero-order valence-electron chi connectivity index (χ0n) is 16.9. The first kappa shape index (κ1) is 22.0. The molecule has 28 heavy (non-hydrogen) atoms. The van der Waals surface area contributed by atoms with Crippen molar-refractivity contribution < 1.29 is 19.1 Å². The fourth-order valence-corrected chi connectivity index (χ4v) is 2.64. The SMILES string of the molecule is CCCOC(=O)c1ccc(-c2ccc(COC(=O)C(C)(C)CC)c(Cl)c2)cc1. The van der Waals surface area contributed by atoms with Crippen molar-refractivity contribution in [2.24, 2.45) is 5.41 Å². The van der Waals surface area contributed by atoms with Crippen molar-refractivity contribution in [1.82, 2.24) is 0 Å². The third-order valence-corrected chi connectivity index (χ3v) is 5.09. The lowest BCUT2D eigenvalue weighted by Gasteiger charge is -2.20. The number of hydrogen-bond donors (Lipinski definition) is 0. The molecule has 0 bridgehead atoms. The van der Waals surface area contributed by atoms with Gasteiger partial charge in [-0.2, -0.15) is 0 Å². The highest BCUT2D eigenvalue weighted by atomic mass is 35.5. The van der Waals surface area contributed by atoms with Crippen molar-refractivity contribution in [3.8, 4) is 11.1 Å². The van der Waals surface area contributed by atoms with Gasteiger partial charge >= 0.3 is 11.9 Å². The molecule has 0 radical (unpaired) electrons. The van der Waals surface area contributed by atoms with E-state index in [1.165, 1.54) is 0 Å². The van der Waals surface area contributed by atoms with Gasteiger partial charge in [0.05, 0.1) is 17.6 Å². The molecule has 0 saturated carbocycles. The molecular formula is C23H27ClO4. The van der Waals surface area contributed by atoms with Gasteiger partial charge in [-0.25, -0.2) is 4.79 Å². The summed E-state index contributed by atoms with van der Waals surface area (Å²) >= 11 is 6.38. The molecule has 2 rings (SSSR count). The van der Waals surface area contributed by atoms with Gasteiger partial charge in [-0.15, -0.1) is 0 Å². The Morgan fingerprint density at radius 2 is 1.61 bits per heavy atom. The number of esters is 2. The van der Waals surface area contributed by atoms with Crippen LogP contribution < -0.4 is 0 Å². The zero-order valence-corrected chi connectivity index (χ0v) is 17.6. The second-order valence-corrected chi connectivity index (χ2v) is 7.74. The Morgan fingerprint density at radius 1 is 0.964 bits per heavy atom. The van der Waals surface area contributed by atoms with Crippen LogP contribution in [0.25, 0.3) is 11.1 Å². The molecule has 2 aromatic rings. The molecule has 0 fully saturated rings. The Balaban J connectivity index is 2.07. The van der Waals surface area contributed by atoms with Crippen LogP contribution in [-0.2, 0) is 20.9 Å². The van der Waals surface area contributed by atoms with E-state index in [1.807, 2.05) is 58.0 Å². The van der Waals surface area contributed by atoms with Gasteiger partial charge in [-0.05, 0) is 56.0 Å². The van der Waals surface area contributed by atoms with Crippen LogP contribution in [0.4, 0.5) is 0 Å². The van der Waals surface area contributed by atoms with Crippen molar-refractivity contribution in [1.29, 1.82) is 0 Å². The summed E-state index contributed by atoms with van der Waals surface area (Å²) in [4.78, 5) is 24.0. The predicted octanol–water partition coefficient (Wildman–Crippen LogP) is 6.05. The largest absolute Gasteiger partial charge is 0.462 e. The maximum absolute atomic E-state index is 12.1. The fourth-order valence-electron chi connectivity index (χ4n) is 2.40. The molecule has 0 spiro atoms. The maximum atomic E-state index is 12.1. The minimum Gasteiger partial charge on any atom is -0.462 e. The summed E-state index contributed by atoms with van der Waals surface area (Å²) in [6, 6.07) is 12.8. The molecule has 5 heteroatoms. The molecular weight excluding hydrogens is 376 g/mol. The molecule has 0 aliphatic rings.